The molecule has 0 aliphatic rings. The van der Waals surface area contributed by atoms with Crippen molar-refractivity contribution >= 4 is 18.4 Å². The van der Waals surface area contributed by atoms with Gasteiger partial charge in [-0.1, -0.05) is 0 Å². The third kappa shape index (κ3) is 3.85. The molecule has 13 heavy (non-hydrogen) atoms. The summed E-state index contributed by atoms with van der Waals surface area (Å²) >= 11 is 0. The molecule has 0 fully saturated rings. The van der Waals surface area contributed by atoms with Crippen LogP contribution in [0.15, 0.2) is 18.3 Å². The van der Waals surface area contributed by atoms with Crippen LogP contribution < -0.4 is 0 Å². The van der Waals surface area contributed by atoms with E-state index in [4.69, 9.17) is 5.11 Å². The van der Waals surface area contributed by atoms with Gasteiger partial charge in [-0.15, -0.1) is 12.4 Å². The molecule has 3 nitrogen and oxygen atoms in total. The molecule has 1 N–H and O–H groups in total. The summed E-state index contributed by atoms with van der Waals surface area (Å²) in [6.45, 7) is 0. The quantitative estimate of drug-likeness (QED) is 0.817. The monoisotopic (exact) mass is 205 g/mol. The predicted octanol–water partition coefficient (Wildman–Crippen LogP) is 1.66. The van der Waals surface area contributed by atoms with Gasteiger partial charge in [0, 0.05) is 12.6 Å². The largest absolute Gasteiger partial charge is 0.481 e. The first-order valence-electron chi connectivity index (χ1n) is 3.51. The van der Waals surface area contributed by atoms with Crippen LogP contribution in [-0.4, -0.2) is 16.1 Å². The van der Waals surface area contributed by atoms with Gasteiger partial charge in [-0.2, -0.15) is 0 Å². The lowest BCUT2D eigenvalue weighted by Crippen LogP contribution is -2.01. The van der Waals surface area contributed by atoms with Crippen molar-refractivity contribution in [1.82, 2.24) is 4.98 Å². The minimum absolute atomic E-state index is 0. The summed E-state index contributed by atoms with van der Waals surface area (Å²) in [5, 5.41) is 8.32. The number of hydrogen-bond donors (Lipinski definition) is 1. The van der Waals surface area contributed by atoms with Crippen LogP contribution in [0, 0.1) is 5.82 Å². The summed E-state index contributed by atoms with van der Waals surface area (Å²) < 4.78 is 12.8. The molecule has 1 rings (SSSR count). The van der Waals surface area contributed by atoms with Gasteiger partial charge in [-0.05, 0) is 12.1 Å². The number of pyridine rings is 1. The van der Waals surface area contributed by atoms with E-state index in [0.717, 1.165) is 0 Å². The molecule has 5 heteroatoms. The van der Waals surface area contributed by atoms with Crippen LogP contribution in [0.1, 0.15) is 12.1 Å². The molecule has 0 bridgehead atoms. The van der Waals surface area contributed by atoms with Gasteiger partial charge in [0.05, 0.1) is 12.1 Å². The third-order valence-electron chi connectivity index (χ3n) is 1.41. The Bertz CT molecular complexity index is 293. The van der Waals surface area contributed by atoms with Crippen LogP contribution in [-0.2, 0) is 11.2 Å². The molecule has 1 aromatic rings. The average Bonchev–Trinajstić information content (AvgIpc) is 2.03. The highest BCUT2D eigenvalue weighted by Gasteiger charge is 2.04. The number of aromatic nitrogens is 1. The van der Waals surface area contributed by atoms with Crippen LogP contribution in [0.25, 0.3) is 0 Å². The molecule has 0 amide bonds. The van der Waals surface area contributed by atoms with Crippen molar-refractivity contribution in [2.24, 2.45) is 0 Å². The van der Waals surface area contributed by atoms with Gasteiger partial charge in [-0.3, -0.25) is 9.78 Å². The molecular weight excluding hydrogens is 197 g/mol. The Kier molecular flexibility index (Phi) is 4.99. The second kappa shape index (κ2) is 5.48. The highest BCUT2D eigenvalue weighted by molar-refractivity contribution is 5.85. The number of aliphatic carboxylic acids is 1. The number of rotatable bonds is 3. The highest BCUT2D eigenvalue weighted by atomic mass is 35.5. The molecule has 0 saturated carbocycles. The molecule has 1 aromatic heterocycles. The Morgan fingerprint density at radius 1 is 1.62 bits per heavy atom. The Morgan fingerprint density at radius 3 is 2.85 bits per heavy atom. The maximum Gasteiger partial charge on any atom is 0.303 e. The highest BCUT2D eigenvalue weighted by Crippen LogP contribution is 2.04. The van der Waals surface area contributed by atoms with Crippen molar-refractivity contribution in [1.29, 1.82) is 0 Å². The van der Waals surface area contributed by atoms with Crippen molar-refractivity contribution in [2.45, 2.75) is 12.8 Å². The van der Waals surface area contributed by atoms with Gasteiger partial charge in [0.25, 0.3) is 0 Å². The molecule has 0 spiro atoms. The Morgan fingerprint density at radius 2 is 2.31 bits per heavy atom. The maximum absolute atomic E-state index is 12.8. The minimum atomic E-state index is -0.944. The first-order chi connectivity index (χ1) is 5.70. The van der Waals surface area contributed by atoms with Crippen molar-refractivity contribution in [2.75, 3.05) is 0 Å². The van der Waals surface area contributed by atoms with Gasteiger partial charge in [0.1, 0.15) is 5.82 Å². The number of carboxylic acid groups (broad SMARTS) is 1. The second-order valence-corrected chi connectivity index (χ2v) is 2.33. The molecule has 0 aliphatic carbocycles. The van der Waals surface area contributed by atoms with E-state index in [-0.39, 0.29) is 30.9 Å². The van der Waals surface area contributed by atoms with Gasteiger partial charge in [0.2, 0.25) is 0 Å². The summed E-state index contributed by atoms with van der Waals surface area (Å²) in [5.74, 6) is -1.39. The Labute approximate surface area is 81.0 Å². The zero-order valence-electron chi connectivity index (χ0n) is 6.74. The molecule has 0 aromatic carbocycles. The normalized spacial score (nSPS) is 9.00. The predicted molar refractivity (Wildman–Crippen MR) is 47.4 cm³/mol. The van der Waals surface area contributed by atoms with Crippen molar-refractivity contribution in [3.05, 3.63) is 29.8 Å². The molecule has 0 unspecified atom stereocenters. The molecule has 72 valence electrons. The van der Waals surface area contributed by atoms with Crippen molar-refractivity contribution in [3.8, 4) is 0 Å². The number of carbonyl (C=O) groups is 1. The van der Waals surface area contributed by atoms with E-state index in [9.17, 15) is 9.18 Å². The second-order valence-electron chi connectivity index (χ2n) is 2.33. The number of nitrogens with zero attached hydrogens (tertiary/aromatic N) is 1. The standard InChI is InChI=1S/C8H8FNO2.ClH/c9-6-2-1-5-10-7(6)3-4-8(11)12;/h1-2,5H,3-4H2,(H,11,12);1H. The first kappa shape index (κ1) is 11.8. The van der Waals surface area contributed by atoms with Gasteiger partial charge in [0.15, 0.2) is 0 Å². The number of aryl methyl sites for hydroxylation is 1. The lowest BCUT2D eigenvalue weighted by Gasteiger charge is -1.97. The smallest absolute Gasteiger partial charge is 0.303 e. The van der Waals surface area contributed by atoms with E-state index in [1.54, 1.807) is 0 Å². The molecule has 0 atom stereocenters. The SMILES string of the molecule is Cl.O=C(O)CCc1ncccc1F. The van der Waals surface area contributed by atoms with Crippen molar-refractivity contribution < 1.29 is 14.3 Å². The number of carboxylic acids is 1. The van der Waals surface area contributed by atoms with Crippen LogP contribution in [0.5, 0.6) is 0 Å². The topological polar surface area (TPSA) is 50.2 Å². The van der Waals surface area contributed by atoms with Crippen molar-refractivity contribution in [3.63, 3.8) is 0 Å². The number of hydrogen-bond acceptors (Lipinski definition) is 2. The summed E-state index contributed by atoms with van der Waals surface area (Å²) in [4.78, 5) is 13.8. The molecule has 0 saturated heterocycles. The van der Waals surface area contributed by atoms with Crippen LogP contribution in [0.4, 0.5) is 4.39 Å². The fourth-order valence-corrected chi connectivity index (χ4v) is 0.828. The first-order valence-corrected chi connectivity index (χ1v) is 3.51. The van der Waals surface area contributed by atoms with Gasteiger partial charge >= 0.3 is 5.97 Å². The lowest BCUT2D eigenvalue weighted by atomic mass is 10.2. The molecule has 1 heterocycles. The Balaban J connectivity index is 0.00000144. The third-order valence-corrected chi connectivity index (χ3v) is 1.41. The van der Waals surface area contributed by atoms with E-state index < -0.39 is 11.8 Å². The lowest BCUT2D eigenvalue weighted by molar-refractivity contribution is -0.136. The summed E-state index contributed by atoms with van der Waals surface area (Å²) in [5.41, 5.74) is 0.208. The van der Waals surface area contributed by atoms with E-state index in [1.165, 1.54) is 18.3 Å². The fourth-order valence-electron chi connectivity index (χ4n) is 0.828. The van der Waals surface area contributed by atoms with Crippen LogP contribution in [0.2, 0.25) is 0 Å². The zero-order valence-corrected chi connectivity index (χ0v) is 7.55. The molecule has 0 radical (unpaired) electrons. The zero-order chi connectivity index (χ0) is 8.97. The van der Waals surface area contributed by atoms with E-state index in [2.05, 4.69) is 4.98 Å². The molecule has 0 aliphatic heterocycles. The fraction of sp³-hybridized carbons (Fsp3) is 0.250. The van der Waals surface area contributed by atoms with Crippen LogP contribution in [0.3, 0.4) is 0 Å². The minimum Gasteiger partial charge on any atom is -0.481 e. The summed E-state index contributed by atoms with van der Waals surface area (Å²) in [7, 11) is 0. The Hall–Kier alpha value is -1.16. The van der Waals surface area contributed by atoms with Crippen LogP contribution >= 0.6 is 12.4 Å². The van der Waals surface area contributed by atoms with Gasteiger partial charge in [-0.25, -0.2) is 4.39 Å². The van der Waals surface area contributed by atoms with E-state index in [0.29, 0.717) is 0 Å². The van der Waals surface area contributed by atoms with E-state index in [1.807, 2.05) is 0 Å². The van der Waals surface area contributed by atoms with E-state index >= 15 is 0 Å². The number of halogens is 2. The summed E-state index contributed by atoms with van der Waals surface area (Å²) in [6.07, 6.45) is 1.50. The average molecular weight is 206 g/mol. The van der Waals surface area contributed by atoms with Gasteiger partial charge < -0.3 is 5.11 Å². The maximum atomic E-state index is 12.8. The molecular formula is C8H9ClFNO2. The summed E-state index contributed by atoms with van der Waals surface area (Å²) in [6, 6.07) is 2.74.